The fourth-order valence-electron chi connectivity index (χ4n) is 2.25. The minimum atomic E-state index is -4.39. The van der Waals surface area contributed by atoms with Gasteiger partial charge in [0.1, 0.15) is 5.82 Å². The Morgan fingerprint density at radius 1 is 1.11 bits per heavy atom. The van der Waals surface area contributed by atoms with Crippen molar-refractivity contribution in [3.63, 3.8) is 0 Å². The molecule has 0 radical (unpaired) electrons. The van der Waals surface area contributed by atoms with Crippen LogP contribution in [0.1, 0.15) is 11.5 Å². The van der Waals surface area contributed by atoms with Crippen LogP contribution < -0.4 is 10.6 Å². The molecule has 2 aromatic heterocycles. The van der Waals surface area contributed by atoms with Gasteiger partial charge in [-0.2, -0.15) is 18.4 Å². The van der Waals surface area contributed by atoms with Gasteiger partial charge in [-0.25, -0.2) is 4.98 Å². The number of rotatable bonds is 6. The third kappa shape index (κ3) is 4.52. The Balaban J connectivity index is 1.79. The van der Waals surface area contributed by atoms with Gasteiger partial charge in [0.25, 0.3) is 5.89 Å². The Labute approximate surface area is 151 Å². The van der Waals surface area contributed by atoms with E-state index >= 15 is 0 Å². The molecule has 0 spiro atoms. The number of nitrogens with zero attached hydrogens (tertiary/aromatic N) is 4. The van der Waals surface area contributed by atoms with Crippen LogP contribution in [-0.2, 0) is 12.6 Å². The first-order chi connectivity index (χ1) is 13.0. The molecule has 0 atom stereocenters. The third-order valence-corrected chi connectivity index (χ3v) is 3.52. The van der Waals surface area contributed by atoms with Crippen LogP contribution in [0.4, 0.5) is 24.7 Å². The summed E-state index contributed by atoms with van der Waals surface area (Å²) in [5.41, 5.74) is 0.201. The standard InChI is InChI=1S/C17H13F3N6O/c18-17(19,20)11-3-5-12(6-4-11)24-15-13(2-1-8-23-15)16-26-25-14(27-16)7-9-22-10-21/h1-6,8,22H,7,9H2,(H,23,24). The van der Waals surface area contributed by atoms with E-state index in [1.54, 1.807) is 18.3 Å². The Bertz CT molecular complexity index is 946. The molecule has 10 heteroatoms. The maximum absolute atomic E-state index is 12.7. The molecule has 0 saturated carbocycles. The molecule has 0 aliphatic rings. The molecule has 3 rings (SSSR count). The second kappa shape index (κ2) is 7.74. The summed E-state index contributed by atoms with van der Waals surface area (Å²) in [5, 5.41) is 21.7. The zero-order chi connectivity index (χ0) is 19.3. The second-order valence-corrected chi connectivity index (χ2v) is 5.39. The number of nitrogens with one attached hydrogen (secondary N) is 2. The van der Waals surface area contributed by atoms with Gasteiger partial charge in [0, 0.05) is 24.8 Å². The summed E-state index contributed by atoms with van der Waals surface area (Å²) >= 11 is 0. The highest BCUT2D eigenvalue weighted by atomic mass is 19.4. The fraction of sp³-hybridized carbons (Fsp3) is 0.176. The van der Waals surface area contributed by atoms with Crippen molar-refractivity contribution in [2.45, 2.75) is 12.6 Å². The summed E-state index contributed by atoms with van der Waals surface area (Å²) in [6.07, 6.45) is -0.689. The summed E-state index contributed by atoms with van der Waals surface area (Å²) in [6, 6.07) is 7.97. The van der Waals surface area contributed by atoms with Crippen molar-refractivity contribution in [1.82, 2.24) is 20.5 Å². The van der Waals surface area contributed by atoms with Crippen LogP contribution in [0.5, 0.6) is 0 Å². The summed E-state index contributed by atoms with van der Waals surface area (Å²) < 4.78 is 43.5. The van der Waals surface area contributed by atoms with E-state index in [-0.39, 0.29) is 5.89 Å². The molecule has 138 valence electrons. The quantitative estimate of drug-likeness (QED) is 0.387. The number of nitriles is 1. The molecular formula is C17H13F3N6O. The number of alkyl halides is 3. The minimum Gasteiger partial charge on any atom is -0.420 e. The first kappa shape index (κ1) is 18.2. The molecule has 0 bridgehead atoms. The monoisotopic (exact) mass is 374 g/mol. The predicted molar refractivity (Wildman–Crippen MR) is 89.6 cm³/mol. The minimum absolute atomic E-state index is 0.212. The molecule has 0 fully saturated rings. The second-order valence-electron chi connectivity index (χ2n) is 5.39. The van der Waals surface area contributed by atoms with Crippen molar-refractivity contribution < 1.29 is 17.6 Å². The average molecular weight is 374 g/mol. The first-order valence-corrected chi connectivity index (χ1v) is 7.81. The average Bonchev–Trinajstić information content (AvgIpc) is 3.11. The van der Waals surface area contributed by atoms with Crippen LogP contribution in [-0.4, -0.2) is 21.7 Å². The third-order valence-electron chi connectivity index (χ3n) is 3.52. The van der Waals surface area contributed by atoms with Crippen LogP contribution in [0.2, 0.25) is 0 Å². The van der Waals surface area contributed by atoms with E-state index in [2.05, 4.69) is 25.8 Å². The molecule has 2 N–H and O–H groups in total. The van der Waals surface area contributed by atoms with Gasteiger partial charge >= 0.3 is 6.18 Å². The van der Waals surface area contributed by atoms with Gasteiger partial charge in [0.15, 0.2) is 6.19 Å². The van der Waals surface area contributed by atoms with Gasteiger partial charge in [-0.05, 0) is 36.4 Å². The predicted octanol–water partition coefficient (Wildman–Crippen LogP) is 3.51. The van der Waals surface area contributed by atoms with Crippen LogP contribution >= 0.6 is 0 Å². The van der Waals surface area contributed by atoms with Crippen molar-refractivity contribution in [3.8, 4) is 17.6 Å². The van der Waals surface area contributed by atoms with E-state index in [1.807, 2.05) is 0 Å². The highest BCUT2D eigenvalue weighted by Gasteiger charge is 2.30. The molecule has 0 amide bonds. The van der Waals surface area contributed by atoms with Crippen LogP contribution in [0.3, 0.4) is 0 Å². The largest absolute Gasteiger partial charge is 0.420 e. The molecule has 2 heterocycles. The molecule has 27 heavy (non-hydrogen) atoms. The van der Waals surface area contributed by atoms with Gasteiger partial charge in [-0.1, -0.05) is 0 Å². The van der Waals surface area contributed by atoms with Crippen LogP contribution in [0, 0.1) is 11.5 Å². The normalized spacial score (nSPS) is 11.0. The Hall–Kier alpha value is -3.61. The smallest absolute Gasteiger partial charge is 0.416 e. The number of aromatic nitrogens is 3. The lowest BCUT2D eigenvalue weighted by Crippen LogP contribution is -2.09. The van der Waals surface area contributed by atoms with Gasteiger partial charge in [0.2, 0.25) is 5.89 Å². The maximum atomic E-state index is 12.7. The molecule has 1 aromatic carbocycles. The number of benzene rings is 1. The fourth-order valence-corrected chi connectivity index (χ4v) is 2.25. The lowest BCUT2D eigenvalue weighted by Gasteiger charge is -2.10. The molecule has 0 aliphatic carbocycles. The summed E-state index contributed by atoms with van der Waals surface area (Å²) in [7, 11) is 0. The number of hydrogen-bond acceptors (Lipinski definition) is 7. The molecule has 0 unspecified atom stereocenters. The highest BCUT2D eigenvalue weighted by molar-refractivity contribution is 5.73. The van der Waals surface area contributed by atoms with E-state index in [0.717, 1.165) is 12.1 Å². The van der Waals surface area contributed by atoms with E-state index < -0.39 is 11.7 Å². The number of halogens is 3. The lowest BCUT2D eigenvalue weighted by atomic mass is 10.2. The molecule has 7 nitrogen and oxygen atoms in total. The van der Waals surface area contributed by atoms with Gasteiger partial charge in [0.05, 0.1) is 11.1 Å². The van der Waals surface area contributed by atoms with E-state index in [9.17, 15) is 13.2 Å². The molecule has 3 aromatic rings. The Morgan fingerprint density at radius 2 is 1.89 bits per heavy atom. The summed E-state index contributed by atoms with van der Waals surface area (Å²) in [4.78, 5) is 4.19. The van der Waals surface area contributed by atoms with Crippen molar-refractivity contribution in [2.75, 3.05) is 11.9 Å². The maximum Gasteiger partial charge on any atom is 0.416 e. The van der Waals surface area contributed by atoms with Gasteiger partial charge in [-0.15, -0.1) is 10.2 Å². The summed E-state index contributed by atoms with van der Waals surface area (Å²) in [5.74, 6) is 0.921. The van der Waals surface area contributed by atoms with Gasteiger partial charge < -0.3 is 15.1 Å². The van der Waals surface area contributed by atoms with Crippen LogP contribution in [0.25, 0.3) is 11.5 Å². The Kier molecular flexibility index (Phi) is 5.21. The SMILES string of the molecule is N#CNCCc1nnc(-c2cccnc2Nc2ccc(C(F)(F)F)cc2)o1. The van der Waals surface area contributed by atoms with Gasteiger partial charge in [-0.3, -0.25) is 0 Å². The van der Waals surface area contributed by atoms with Crippen molar-refractivity contribution in [1.29, 1.82) is 5.26 Å². The molecular weight excluding hydrogens is 361 g/mol. The van der Waals surface area contributed by atoms with E-state index in [1.165, 1.54) is 18.3 Å². The first-order valence-electron chi connectivity index (χ1n) is 7.81. The lowest BCUT2D eigenvalue weighted by molar-refractivity contribution is -0.137. The Morgan fingerprint density at radius 3 is 2.59 bits per heavy atom. The van der Waals surface area contributed by atoms with Crippen molar-refractivity contribution >= 4 is 11.5 Å². The molecule has 0 saturated heterocycles. The number of anilines is 2. The van der Waals surface area contributed by atoms with E-state index in [0.29, 0.717) is 35.9 Å². The topological polar surface area (TPSA) is 99.7 Å². The zero-order valence-electron chi connectivity index (χ0n) is 13.8. The summed E-state index contributed by atoms with van der Waals surface area (Å²) in [6.45, 7) is 0.363. The highest BCUT2D eigenvalue weighted by Crippen LogP contribution is 2.31. The molecule has 0 aliphatic heterocycles. The van der Waals surface area contributed by atoms with Crippen molar-refractivity contribution in [2.24, 2.45) is 0 Å². The van der Waals surface area contributed by atoms with Crippen LogP contribution in [0.15, 0.2) is 47.0 Å². The number of pyridine rings is 1. The zero-order valence-corrected chi connectivity index (χ0v) is 13.8. The van der Waals surface area contributed by atoms with Crippen molar-refractivity contribution in [3.05, 3.63) is 54.0 Å². The van der Waals surface area contributed by atoms with E-state index in [4.69, 9.17) is 9.68 Å². The number of hydrogen-bond donors (Lipinski definition) is 2.